The molecular weight excluding hydrogens is 247 g/mol. The summed E-state index contributed by atoms with van der Waals surface area (Å²) in [6.45, 7) is 0. The molecule has 0 unspecified atom stereocenters. The van der Waals surface area contributed by atoms with Gasteiger partial charge in [-0.25, -0.2) is 4.98 Å². The second-order valence-corrected chi connectivity index (χ2v) is 3.77. The van der Waals surface area contributed by atoms with Crippen LogP contribution in [0.3, 0.4) is 0 Å². The Morgan fingerprint density at radius 1 is 1.19 bits per heavy atom. The van der Waals surface area contributed by atoms with Crippen LogP contribution in [-0.2, 0) is 0 Å². The summed E-state index contributed by atoms with van der Waals surface area (Å²) in [5.41, 5.74) is 1.88. The van der Waals surface area contributed by atoms with Gasteiger partial charge in [-0.05, 0) is 35.4 Å². The monoisotopic (exact) mass is 252 g/mol. The number of rotatable bonds is 2. The summed E-state index contributed by atoms with van der Waals surface area (Å²) in [7, 11) is 0. The second-order valence-electron chi connectivity index (χ2n) is 3.07. The predicted molar refractivity (Wildman–Crippen MR) is 62.7 cm³/mol. The normalized spacial score (nSPS) is 10.1. The van der Waals surface area contributed by atoms with Gasteiger partial charge in [0.25, 0.3) is 5.24 Å². The minimum atomic E-state index is -0.617. The number of halogens is 2. The fourth-order valence-electron chi connectivity index (χ4n) is 1.29. The molecule has 0 fully saturated rings. The van der Waals surface area contributed by atoms with Crippen molar-refractivity contribution in [3.05, 3.63) is 47.5 Å². The Kier molecular flexibility index (Phi) is 3.17. The van der Waals surface area contributed by atoms with Crippen LogP contribution in [0, 0.1) is 0 Å². The Hall–Kier alpha value is -1.45. The molecule has 0 radical (unpaired) electrons. The van der Waals surface area contributed by atoms with Crippen molar-refractivity contribution in [2.45, 2.75) is 0 Å². The van der Waals surface area contributed by atoms with Gasteiger partial charge in [-0.1, -0.05) is 11.6 Å². The first kappa shape index (κ1) is 11.0. The largest absolute Gasteiger partial charge is 0.275 e. The maximum Gasteiger partial charge on any atom is 0.255 e. The summed E-state index contributed by atoms with van der Waals surface area (Å²) < 4.78 is 0. The van der Waals surface area contributed by atoms with E-state index in [4.69, 9.17) is 23.2 Å². The molecule has 0 amide bonds. The molecule has 2 rings (SSSR count). The SMILES string of the molecule is O=C(Cl)c1cc(-c2ccncc2)cnc1Cl. The van der Waals surface area contributed by atoms with E-state index in [-0.39, 0.29) is 10.7 Å². The van der Waals surface area contributed by atoms with Crippen molar-refractivity contribution in [2.75, 3.05) is 0 Å². The van der Waals surface area contributed by atoms with Crippen molar-refractivity contribution < 1.29 is 4.79 Å². The van der Waals surface area contributed by atoms with Crippen LogP contribution in [0.15, 0.2) is 36.8 Å². The molecule has 16 heavy (non-hydrogen) atoms. The van der Waals surface area contributed by atoms with E-state index in [1.54, 1.807) is 24.7 Å². The summed E-state index contributed by atoms with van der Waals surface area (Å²) >= 11 is 11.1. The average Bonchev–Trinajstić information content (AvgIpc) is 2.30. The third-order valence-corrected chi connectivity index (χ3v) is 2.57. The standard InChI is InChI=1S/C11H6Cl2N2O/c12-10-9(11(13)16)5-8(6-15-10)7-1-3-14-4-2-7/h1-6H. The molecule has 0 saturated carbocycles. The Balaban J connectivity index is 2.52. The highest BCUT2D eigenvalue weighted by Crippen LogP contribution is 2.23. The molecule has 0 bridgehead atoms. The molecule has 0 saturated heterocycles. The molecule has 0 N–H and O–H groups in total. The Bertz CT molecular complexity index is 529. The fourth-order valence-corrected chi connectivity index (χ4v) is 1.67. The topological polar surface area (TPSA) is 42.9 Å². The highest BCUT2D eigenvalue weighted by molar-refractivity contribution is 6.68. The van der Waals surface area contributed by atoms with Gasteiger partial charge >= 0.3 is 0 Å². The molecule has 3 nitrogen and oxygen atoms in total. The quantitative estimate of drug-likeness (QED) is 0.609. The van der Waals surface area contributed by atoms with Crippen LogP contribution in [-0.4, -0.2) is 15.2 Å². The first-order valence-electron chi connectivity index (χ1n) is 4.44. The van der Waals surface area contributed by atoms with Crippen LogP contribution in [0.1, 0.15) is 10.4 Å². The zero-order chi connectivity index (χ0) is 11.5. The van der Waals surface area contributed by atoms with Crippen LogP contribution in [0.2, 0.25) is 5.15 Å². The van der Waals surface area contributed by atoms with E-state index >= 15 is 0 Å². The first-order valence-corrected chi connectivity index (χ1v) is 5.20. The lowest BCUT2D eigenvalue weighted by Gasteiger charge is -2.03. The van der Waals surface area contributed by atoms with Crippen LogP contribution in [0.5, 0.6) is 0 Å². The third-order valence-electron chi connectivity index (χ3n) is 2.06. The van der Waals surface area contributed by atoms with Crippen LogP contribution >= 0.6 is 23.2 Å². The predicted octanol–water partition coefficient (Wildman–Crippen LogP) is 3.18. The van der Waals surface area contributed by atoms with Crippen molar-refractivity contribution in [1.29, 1.82) is 0 Å². The van der Waals surface area contributed by atoms with Crippen molar-refractivity contribution in [1.82, 2.24) is 9.97 Å². The maximum absolute atomic E-state index is 11.1. The molecular formula is C11H6Cl2N2O. The van der Waals surface area contributed by atoms with Gasteiger partial charge < -0.3 is 0 Å². The molecule has 0 aliphatic rings. The molecule has 0 spiro atoms. The highest BCUT2D eigenvalue weighted by atomic mass is 35.5. The fraction of sp³-hybridized carbons (Fsp3) is 0. The third kappa shape index (κ3) is 2.21. The molecule has 2 aromatic heterocycles. The van der Waals surface area contributed by atoms with Crippen LogP contribution < -0.4 is 0 Å². The number of hydrogen-bond donors (Lipinski definition) is 0. The minimum absolute atomic E-state index is 0.109. The first-order chi connectivity index (χ1) is 7.68. The van der Waals surface area contributed by atoms with Crippen molar-refractivity contribution >= 4 is 28.4 Å². The summed E-state index contributed by atoms with van der Waals surface area (Å²) in [5, 5.41) is -0.508. The van der Waals surface area contributed by atoms with E-state index in [1.165, 1.54) is 0 Å². The number of nitrogens with zero attached hydrogens (tertiary/aromatic N) is 2. The molecule has 0 aliphatic heterocycles. The van der Waals surface area contributed by atoms with Gasteiger partial charge in [0.1, 0.15) is 5.15 Å². The Morgan fingerprint density at radius 3 is 2.50 bits per heavy atom. The smallest absolute Gasteiger partial charge is 0.255 e. The van der Waals surface area contributed by atoms with Gasteiger partial charge in [-0.3, -0.25) is 9.78 Å². The van der Waals surface area contributed by atoms with Crippen LogP contribution in [0.25, 0.3) is 11.1 Å². The minimum Gasteiger partial charge on any atom is -0.275 e. The van der Waals surface area contributed by atoms with E-state index < -0.39 is 5.24 Å². The number of pyridine rings is 2. The Morgan fingerprint density at radius 2 is 1.88 bits per heavy atom. The van der Waals surface area contributed by atoms with E-state index in [0.717, 1.165) is 11.1 Å². The highest BCUT2D eigenvalue weighted by Gasteiger charge is 2.10. The van der Waals surface area contributed by atoms with Crippen molar-refractivity contribution in [3.63, 3.8) is 0 Å². The molecule has 2 aromatic rings. The number of carbonyl (C=O) groups excluding carboxylic acids is 1. The summed E-state index contributed by atoms with van der Waals surface area (Å²) in [6.07, 6.45) is 4.90. The molecule has 2 heterocycles. The van der Waals surface area contributed by atoms with Crippen molar-refractivity contribution in [2.24, 2.45) is 0 Å². The molecule has 0 aromatic carbocycles. The molecule has 0 atom stereocenters. The number of aromatic nitrogens is 2. The van der Waals surface area contributed by atoms with E-state index in [0.29, 0.717) is 0 Å². The van der Waals surface area contributed by atoms with Gasteiger partial charge in [0.15, 0.2) is 0 Å². The second kappa shape index (κ2) is 4.60. The zero-order valence-electron chi connectivity index (χ0n) is 8.02. The van der Waals surface area contributed by atoms with Gasteiger partial charge in [0, 0.05) is 24.2 Å². The zero-order valence-corrected chi connectivity index (χ0v) is 9.53. The summed E-state index contributed by atoms with van der Waals surface area (Å²) in [5.74, 6) is 0. The maximum atomic E-state index is 11.1. The number of carbonyl (C=O) groups is 1. The molecule has 80 valence electrons. The number of hydrogen-bond acceptors (Lipinski definition) is 3. The summed E-state index contributed by atoms with van der Waals surface area (Å²) in [6, 6.07) is 5.24. The lowest BCUT2D eigenvalue weighted by Crippen LogP contribution is -1.94. The van der Waals surface area contributed by atoms with E-state index in [9.17, 15) is 4.79 Å². The lowest BCUT2D eigenvalue weighted by atomic mass is 10.1. The van der Waals surface area contributed by atoms with Gasteiger partial charge in [-0.2, -0.15) is 0 Å². The lowest BCUT2D eigenvalue weighted by molar-refractivity contribution is 0.108. The van der Waals surface area contributed by atoms with Gasteiger partial charge in [-0.15, -0.1) is 0 Å². The Labute approximate surface area is 102 Å². The van der Waals surface area contributed by atoms with Crippen molar-refractivity contribution in [3.8, 4) is 11.1 Å². The van der Waals surface area contributed by atoms with E-state index in [1.807, 2.05) is 12.1 Å². The van der Waals surface area contributed by atoms with Gasteiger partial charge in [0.2, 0.25) is 0 Å². The van der Waals surface area contributed by atoms with Crippen LogP contribution in [0.4, 0.5) is 0 Å². The average molecular weight is 253 g/mol. The van der Waals surface area contributed by atoms with E-state index in [2.05, 4.69) is 9.97 Å². The molecule has 5 heteroatoms. The van der Waals surface area contributed by atoms with Gasteiger partial charge in [0.05, 0.1) is 5.56 Å². The summed E-state index contributed by atoms with van der Waals surface area (Å²) in [4.78, 5) is 18.9. The molecule has 0 aliphatic carbocycles.